The Bertz CT molecular complexity index is 556. The molecule has 1 aromatic heterocycles. The summed E-state index contributed by atoms with van der Waals surface area (Å²) in [5.41, 5.74) is 2.54. The number of tetrazole rings is 1. The molecule has 5 heteroatoms. The molecular weight excluding hydrogens is 262 g/mol. The molecule has 0 bridgehead atoms. The minimum absolute atomic E-state index is 0.297. The van der Waals surface area contributed by atoms with Gasteiger partial charge in [-0.25, -0.2) is 4.68 Å². The van der Waals surface area contributed by atoms with Crippen LogP contribution in [0.2, 0.25) is 0 Å². The molecule has 0 amide bonds. The minimum Gasteiger partial charge on any atom is -0.310 e. The highest BCUT2D eigenvalue weighted by atomic mass is 15.5. The molecule has 2 atom stereocenters. The van der Waals surface area contributed by atoms with Crippen LogP contribution in [0, 0.1) is 11.3 Å². The van der Waals surface area contributed by atoms with Crippen molar-refractivity contribution in [3.8, 4) is 5.69 Å². The third-order valence-corrected chi connectivity index (χ3v) is 4.19. The average molecular weight is 287 g/mol. The van der Waals surface area contributed by atoms with Gasteiger partial charge in [-0.1, -0.05) is 39.8 Å². The number of hydrogen-bond acceptors (Lipinski definition) is 4. The van der Waals surface area contributed by atoms with Crippen molar-refractivity contribution in [2.75, 3.05) is 6.54 Å². The lowest BCUT2D eigenvalue weighted by molar-refractivity contribution is 0.247. The maximum absolute atomic E-state index is 3.93. The van der Waals surface area contributed by atoms with Gasteiger partial charge in [0.2, 0.25) is 0 Å². The summed E-state index contributed by atoms with van der Waals surface area (Å²) >= 11 is 0. The zero-order valence-corrected chi connectivity index (χ0v) is 13.5. The van der Waals surface area contributed by atoms with Gasteiger partial charge in [-0.05, 0) is 52.9 Å². The van der Waals surface area contributed by atoms with E-state index in [0.717, 1.165) is 12.2 Å². The minimum atomic E-state index is 0.297. The molecule has 114 valence electrons. The van der Waals surface area contributed by atoms with Crippen molar-refractivity contribution in [3.63, 3.8) is 0 Å². The third-order valence-electron chi connectivity index (χ3n) is 4.19. The number of aromatic nitrogens is 4. The maximum atomic E-state index is 3.93. The van der Waals surface area contributed by atoms with E-state index in [1.54, 1.807) is 11.0 Å². The molecule has 2 rings (SSSR count). The molecule has 0 aliphatic heterocycles. The highest BCUT2D eigenvalue weighted by Crippen LogP contribution is 2.25. The summed E-state index contributed by atoms with van der Waals surface area (Å²) in [6.45, 7) is 12.3. The molecule has 5 nitrogen and oxygen atoms in total. The smallest absolute Gasteiger partial charge is 0.143 e. The van der Waals surface area contributed by atoms with Gasteiger partial charge in [-0.2, -0.15) is 0 Å². The molecule has 1 N–H and O–H groups in total. The highest BCUT2D eigenvalue weighted by Gasteiger charge is 2.20. The maximum Gasteiger partial charge on any atom is 0.143 e. The van der Waals surface area contributed by atoms with Crippen molar-refractivity contribution in [3.05, 3.63) is 36.2 Å². The van der Waals surface area contributed by atoms with Crippen molar-refractivity contribution in [1.82, 2.24) is 25.5 Å². The van der Waals surface area contributed by atoms with Crippen molar-refractivity contribution in [2.45, 2.75) is 40.7 Å². The standard InChI is InChI=1S/C16H25N5/c1-12(16(3,4)5)10-17-13(2)14-7-6-8-15(9-14)21-11-18-19-20-21/h6-9,11-13,17H,10H2,1-5H3. The first-order chi connectivity index (χ1) is 9.88. The Labute approximate surface area is 126 Å². The predicted molar refractivity (Wildman–Crippen MR) is 84.2 cm³/mol. The van der Waals surface area contributed by atoms with Crippen LogP contribution in [-0.2, 0) is 0 Å². The molecule has 0 aliphatic rings. The van der Waals surface area contributed by atoms with E-state index in [4.69, 9.17) is 0 Å². The largest absolute Gasteiger partial charge is 0.310 e. The van der Waals surface area contributed by atoms with Gasteiger partial charge in [-0.3, -0.25) is 0 Å². The topological polar surface area (TPSA) is 55.6 Å². The van der Waals surface area contributed by atoms with Crippen LogP contribution < -0.4 is 5.32 Å². The molecule has 0 spiro atoms. The van der Waals surface area contributed by atoms with E-state index in [-0.39, 0.29) is 0 Å². The first-order valence-corrected chi connectivity index (χ1v) is 7.44. The van der Waals surface area contributed by atoms with Crippen LogP contribution in [0.4, 0.5) is 0 Å². The summed E-state index contributed by atoms with van der Waals surface area (Å²) in [5, 5.41) is 14.9. The van der Waals surface area contributed by atoms with Gasteiger partial charge in [0.25, 0.3) is 0 Å². The van der Waals surface area contributed by atoms with E-state index in [2.05, 4.69) is 67.6 Å². The van der Waals surface area contributed by atoms with Crippen molar-refractivity contribution in [1.29, 1.82) is 0 Å². The van der Waals surface area contributed by atoms with Gasteiger partial charge in [0.05, 0.1) is 5.69 Å². The first kappa shape index (κ1) is 15.6. The molecule has 0 saturated heterocycles. The number of benzene rings is 1. The van der Waals surface area contributed by atoms with E-state index in [0.29, 0.717) is 17.4 Å². The lowest BCUT2D eigenvalue weighted by Gasteiger charge is -2.29. The van der Waals surface area contributed by atoms with Crippen LogP contribution in [0.3, 0.4) is 0 Å². The zero-order chi connectivity index (χ0) is 15.5. The third kappa shape index (κ3) is 4.11. The van der Waals surface area contributed by atoms with E-state index >= 15 is 0 Å². The van der Waals surface area contributed by atoms with Crippen LogP contribution >= 0.6 is 0 Å². The molecule has 0 fully saturated rings. The lowest BCUT2D eigenvalue weighted by atomic mass is 9.82. The normalized spacial score (nSPS) is 14.9. The Morgan fingerprint density at radius 2 is 2.00 bits per heavy atom. The van der Waals surface area contributed by atoms with E-state index < -0.39 is 0 Å². The second-order valence-corrected chi connectivity index (χ2v) is 6.75. The van der Waals surface area contributed by atoms with Crippen molar-refractivity contribution >= 4 is 0 Å². The van der Waals surface area contributed by atoms with Gasteiger partial charge in [0.1, 0.15) is 6.33 Å². The molecule has 2 unspecified atom stereocenters. The molecule has 0 aliphatic carbocycles. The fraction of sp³-hybridized carbons (Fsp3) is 0.562. The van der Waals surface area contributed by atoms with Gasteiger partial charge < -0.3 is 5.32 Å². The van der Waals surface area contributed by atoms with Crippen LogP contribution in [0.5, 0.6) is 0 Å². The molecule has 2 aromatic rings. The van der Waals surface area contributed by atoms with Crippen molar-refractivity contribution in [2.24, 2.45) is 11.3 Å². The molecule has 1 aromatic carbocycles. The Morgan fingerprint density at radius 1 is 1.24 bits per heavy atom. The summed E-state index contributed by atoms with van der Waals surface area (Å²) in [6, 6.07) is 8.59. The monoisotopic (exact) mass is 287 g/mol. The average Bonchev–Trinajstić information content (AvgIpc) is 2.97. The highest BCUT2D eigenvalue weighted by molar-refractivity contribution is 5.35. The van der Waals surface area contributed by atoms with Gasteiger partial charge >= 0.3 is 0 Å². The Morgan fingerprint density at radius 3 is 2.62 bits per heavy atom. The summed E-state index contributed by atoms with van der Waals surface area (Å²) in [5.74, 6) is 0.614. The first-order valence-electron chi connectivity index (χ1n) is 7.44. The number of hydrogen-bond donors (Lipinski definition) is 1. The quantitative estimate of drug-likeness (QED) is 0.918. The van der Waals surface area contributed by atoms with Gasteiger partial charge in [0.15, 0.2) is 0 Å². The second-order valence-electron chi connectivity index (χ2n) is 6.75. The molecule has 0 saturated carbocycles. The van der Waals surface area contributed by atoms with Crippen molar-refractivity contribution < 1.29 is 0 Å². The zero-order valence-electron chi connectivity index (χ0n) is 13.5. The van der Waals surface area contributed by atoms with Crippen LogP contribution in [0.15, 0.2) is 30.6 Å². The number of nitrogens with zero attached hydrogens (tertiary/aromatic N) is 4. The summed E-state index contributed by atoms with van der Waals surface area (Å²) in [6.07, 6.45) is 1.61. The van der Waals surface area contributed by atoms with Crippen LogP contribution in [-0.4, -0.2) is 26.8 Å². The van der Waals surface area contributed by atoms with E-state index in [1.165, 1.54) is 5.56 Å². The molecule has 1 heterocycles. The molecular formula is C16H25N5. The van der Waals surface area contributed by atoms with E-state index in [1.807, 2.05) is 12.1 Å². The summed E-state index contributed by atoms with van der Waals surface area (Å²) in [4.78, 5) is 0. The fourth-order valence-electron chi connectivity index (χ4n) is 1.99. The van der Waals surface area contributed by atoms with Crippen LogP contribution in [0.1, 0.15) is 46.2 Å². The van der Waals surface area contributed by atoms with Crippen LogP contribution in [0.25, 0.3) is 5.69 Å². The fourth-order valence-corrected chi connectivity index (χ4v) is 1.99. The SMILES string of the molecule is CC(NCC(C)C(C)(C)C)c1cccc(-n2cnnn2)c1. The van der Waals surface area contributed by atoms with Gasteiger partial charge in [0, 0.05) is 6.04 Å². The Hall–Kier alpha value is -1.75. The Kier molecular flexibility index (Phi) is 4.73. The molecule has 21 heavy (non-hydrogen) atoms. The van der Waals surface area contributed by atoms with Gasteiger partial charge in [-0.15, -0.1) is 5.10 Å². The molecule has 0 radical (unpaired) electrons. The number of nitrogens with one attached hydrogen (secondary N) is 1. The lowest BCUT2D eigenvalue weighted by Crippen LogP contribution is -2.31. The Balaban J connectivity index is 2.03. The predicted octanol–water partition coefficient (Wildman–Crippen LogP) is 3.00. The number of rotatable bonds is 5. The van der Waals surface area contributed by atoms with E-state index in [9.17, 15) is 0 Å². The summed E-state index contributed by atoms with van der Waals surface area (Å²) < 4.78 is 1.67. The summed E-state index contributed by atoms with van der Waals surface area (Å²) in [7, 11) is 0. The second kappa shape index (κ2) is 6.35.